The Hall–Kier alpha value is -2.41. The molecule has 0 spiro atoms. The van der Waals surface area contributed by atoms with E-state index < -0.39 is 11.8 Å². The predicted octanol–water partition coefficient (Wildman–Crippen LogP) is 3.77. The summed E-state index contributed by atoms with van der Waals surface area (Å²) in [5.41, 5.74) is 1.64. The number of hydrogen-bond acceptors (Lipinski definition) is 4. The van der Waals surface area contributed by atoms with Crippen LogP contribution < -0.4 is 5.32 Å². The second-order valence-corrected chi connectivity index (χ2v) is 5.45. The Kier molecular flexibility index (Phi) is 3.81. The van der Waals surface area contributed by atoms with Gasteiger partial charge in [0.1, 0.15) is 5.82 Å². The van der Waals surface area contributed by atoms with Gasteiger partial charge < -0.3 is 14.5 Å². The molecule has 1 aromatic carbocycles. The highest BCUT2D eigenvalue weighted by atomic mass is 79.9. The summed E-state index contributed by atoms with van der Waals surface area (Å²) < 4.78 is 21.2. The van der Waals surface area contributed by atoms with E-state index in [-0.39, 0.29) is 5.69 Å². The third-order valence-electron chi connectivity index (χ3n) is 3.19. The van der Waals surface area contributed by atoms with E-state index in [0.717, 1.165) is 0 Å². The molecule has 0 bridgehead atoms. The van der Waals surface area contributed by atoms with Crippen molar-refractivity contribution in [1.29, 1.82) is 0 Å². The van der Waals surface area contributed by atoms with Crippen LogP contribution in [0.15, 0.2) is 47.5 Å². The topological polar surface area (TPSA) is 55.6 Å². The van der Waals surface area contributed by atoms with E-state index in [2.05, 4.69) is 26.2 Å². The van der Waals surface area contributed by atoms with Crippen LogP contribution in [0.5, 0.6) is 0 Å². The maximum Gasteiger partial charge on any atom is 0.340 e. The summed E-state index contributed by atoms with van der Waals surface area (Å²) in [6.45, 7) is 0. The number of ether oxygens (including phenoxy) is 1. The van der Waals surface area contributed by atoms with E-state index in [1.165, 1.54) is 13.2 Å². The number of rotatable bonds is 3. The number of hydrogen-bond donors (Lipinski definition) is 1. The fourth-order valence-corrected chi connectivity index (χ4v) is 2.46. The molecule has 0 unspecified atom stereocenters. The van der Waals surface area contributed by atoms with E-state index in [0.29, 0.717) is 21.2 Å². The van der Waals surface area contributed by atoms with Crippen molar-refractivity contribution in [3.8, 4) is 0 Å². The Morgan fingerprint density at radius 3 is 2.95 bits per heavy atom. The molecule has 0 amide bonds. The molecule has 22 heavy (non-hydrogen) atoms. The summed E-state index contributed by atoms with van der Waals surface area (Å²) in [6, 6.07) is 6.23. The number of carbonyl (C=O) groups is 1. The quantitative estimate of drug-likeness (QED) is 0.719. The number of benzene rings is 1. The molecule has 3 aromatic rings. The maximum absolute atomic E-state index is 14.0. The maximum atomic E-state index is 14.0. The molecule has 112 valence electrons. The van der Waals surface area contributed by atoms with Crippen molar-refractivity contribution < 1.29 is 13.9 Å². The van der Waals surface area contributed by atoms with Gasteiger partial charge in [0.05, 0.1) is 42.1 Å². The lowest BCUT2D eigenvalue weighted by Gasteiger charge is -2.13. The van der Waals surface area contributed by atoms with Crippen LogP contribution >= 0.6 is 15.9 Å². The number of nitrogens with zero attached hydrogens (tertiary/aromatic N) is 2. The van der Waals surface area contributed by atoms with Gasteiger partial charge >= 0.3 is 5.97 Å². The van der Waals surface area contributed by atoms with Crippen molar-refractivity contribution in [2.75, 3.05) is 12.4 Å². The SMILES string of the molecule is COC(=O)c1ccn2cncc2c1Nc1ccc(Br)cc1F. The average Bonchev–Trinajstić information content (AvgIpc) is 2.98. The Morgan fingerprint density at radius 2 is 2.23 bits per heavy atom. The highest BCUT2D eigenvalue weighted by Gasteiger charge is 2.17. The number of fused-ring (bicyclic) bond motifs is 1. The lowest BCUT2D eigenvalue weighted by molar-refractivity contribution is 0.0602. The number of carbonyl (C=O) groups excluding carboxylic acids is 1. The zero-order valence-corrected chi connectivity index (χ0v) is 13.1. The molecule has 0 aliphatic carbocycles. The van der Waals surface area contributed by atoms with Gasteiger partial charge in [-0.25, -0.2) is 14.2 Å². The Bertz CT molecular complexity index is 863. The number of anilines is 2. The van der Waals surface area contributed by atoms with Crippen LogP contribution in [0.2, 0.25) is 0 Å². The van der Waals surface area contributed by atoms with Gasteiger partial charge in [-0.15, -0.1) is 0 Å². The lowest BCUT2D eigenvalue weighted by atomic mass is 10.2. The van der Waals surface area contributed by atoms with Crippen molar-refractivity contribution in [2.24, 2.45) is 0 Å². The van der Waals surface area contributed by atoms with Gasteiger partial charge in [0.15, 0.2) is 0 Å². The molecular formula is C15H11BrFN3O2. The monoisotopic (exact) mass is 363 g/mol. The fraction of sp³-hybridized carbons (Fsp3) is 0.0667. The number of pyridine rings is 1. The van der Waals surface area contributed by atoms with E-state index in [9.17, 15) is 9.18 Å². The molecule has 0 saturated carbocycles. The highest BCUT2D eigenvalue weighted by molar-refractivity contribution is 9.10. The number of halogens is 2. The molecule has 0 aliphatic rings. The normalized spacial score (nSPS) is 10.7. The molecule has 0 fully saturated rings. The van der Waals surface area contributed by atoms with Crippen molar-refractivity contribution in [3.63, 3.8) is 0 Å². The number of esters is 1. The van der Waals surface area contributed by atoms with Crippen LogP contribution in [0.25, 0.3) is 5.52 Å². The molecule has 2 heterocycles. The molecule has 0 aliphatic heterocycles. The zero-order valence-electron chi connectivity index (χ0n) is 11.5. The van der Waals surface area contributed by atoms with Crippen LogP contribution in [0.1, 0.15) is 10.4 Å². The smallest absolute Gasteiger partial charge is 0.340 e. The van der Waals surface area contributed by atoms with E-state index >= 15 is 0 Å². The molecule has 7 heteroatoms. The summed E-state index contributed by atoms with van der Waals surface area (Å²) in [5, 5.41) is 2.95. The molecule has 3 rings (SSSR count). The first-order valence-corrected chi connectivity index (χ1v) is 7.14. The number of aromatic nitrogens is 2. The van der Waals surface area contributed by atoms with Gasteiger partial charge in [-0.3, -0.25) is 0 Å². The first-order valence-electron chi connectivity index (χ1n) is 6.35. The van der Waals surface area contributed by atoms with Crippen LogP contribution in [-0.4, -0.2) is 22.5 Å². The highest BCUT2D eigenvalue weighted by Crippen LogP contribution is 2.29. The van der Waals surface area contributed by atoms with E-state index in [1.54, 1.807) is 41.3 Å². The minimum Gasteiger partial charge on any atom is -0.465 e. The summed E-state index contributed by atoms with van der Waals surface area (Å²) in [5.74, 6) is -0.949. The first kappa shape index (κ1) is 14.5. The zero-order chi connectivity index (χ0) is 15.7. The average molecular weight is 364 g/mol. The van der Waals surface area contributed by atoms with Crippen LogP contribution in [0.4, 0.5) is 15.8 Å². The van der Waals surface area contributed by atoms with Crippen molar-refractivity contribution in [2.45, 2.75) is 0 Å². The molecule has 0 radical (unpaired) electrons. The summed E-state index contributed by atoms with van der Waals surface area (Å²) in [6.07, 6.45) is 4.88. The third-order valence-corrected chi connectivity index (χ3v) is 3.68. The number of imidazole rings is 1. The van der Waals surface area contributed by atoms with Crippen molar-refractivity contribution in [3.05, 3.63) is 58.8 Å². The van der Waals surface area contributed by atoms with Crippen LogP contribution in [0, 0.1) is 5.82 Å². The lowest BCUT2D eigenvalue weighted by Crippen LogP contribution is -2.08. The molecule has 0 atom stereocenters. The largest absolute Gasteiger partial charge is 0.465 e. The Balaban J connectivity index is 2.15. The van der Waals surface area contributed by atoms with Crippen molar-refractivity contribution >= 4 is 38.8 Å². The van der Waals surface area contributed by atoms with Gasteiger partial charge in [-0.05, 0) is 24.3 Å². The second-order valence-electron chi connectivity index (χ2n) is 4.53. The summed E-state index contributed by atoms with van der Waals surface area (Å²) in [4.78, 5) is 16.0. The minimum absolute atomic E-state index is 0.252. The van der Waals surface area contributed by atoms with Crippen molar-refractivity contribution in [1.82, 2.24) is 9.38 Å². The summed E-state index contributed by atoms with van der Waals surface area (Å²) >= 11 is 3.21. The van der Waals surface area contributed by atoms with E-state index in [4.69, 9.17) is 4.74 Å². The van der Waals surface area contributed by atoms with E-state index in [1.807, 2.05) is 0 Å². The van der Waals surface area contributed by atoms with Gasteiger partial charge in [-0.1, -0.05) is 15.9 Å². The molecule has 5 nitrogen and oxygen atoms in total. The Labute approximate surface area is 133 Å². The fourth-order valence-electron chi connectivity index (χ4n) is 2.13. The Morgan fingerprint density at radius 1 is 1.41 bits per heavy atom. The molecule has 2 aromatic heterocycles. The third kappa shape index (κ3) is 2.55. The molecule has 0 saturated heterocycles. The van der Waals surface area contributed by atoms with Gasteiger partial charge in [0.25, 0.3) is 0 Å². The number of nitrogens with one attached hydrogen (secondary N) is 1. The standard InChI is InChI=1S/C15H11BrFN3O2/c1-22-15(21)10-4-5-20-8-18-7-13(20)14(10)19-12-3-2-9(16)6-11(12)17/h2-8,19H,1H3. The summed E-state index contributed by atoms with van der Waals surface area (Å²) in [7, 11) is 1.30. The van der Waals surface area contributed by atoms with Crippen LogP contribution in [-0.2, 0) is 4.74 Å². The van der Waals surface area contributed by atoms with Crippen LogP contribution in [0.3, 0.4) is 0 Å². The first-order chi connectivity index (χ1) is 10.6. The second kappa shape index (κ2) is 5.76. The number of methoxy groups -OCH3 is 1. The molecular weight excluding hydrogens is 353 g/mol. The predicted molar refractivity (Wildman–Crippen MR) is 83.9 cm³/mol. The minimum atomic E-state index is -0.510. The molecule has 1 N–H and O–H groups in total. The van der Waals surface area contributed by atoms with Gasteiger partial charge in [0, 0.05) is 10.7 Å². The van der Waals surface area contributed by atoms with Gasteiger partial charge in [0.2, 0.25) is 0 Å². The van der Waals surface area contributed by atoms with Gasteiger partial charge in [-0.2, -0.15) is 0 Å².